The van der Waals surface area contributed by atoms with Crippen LogP contribution in [0.5, 0.6) is 0 Å². The van der Waals surface area contributed by atoms with Crippen molar-refractivity contribution >= 4 is 16.2 Å². The maximum absolute atomic E-state index is 11.9. The lowest BCUT2D eigenvalue weighted by atomic mass is 10.2. The van der Waals surface area contributed by atoms with Crippen LogP contribution < -0.4 is 5.32 Å². The van der Waals surface area contributed by atoms with Crippen LogP contribution in [0.15, 0.2) is 35.2 Å². The van der Waals surface area contributed by atoms with E-state index in [9.17, 15) is 13.2 Å². The topological polar surface area (TPSA) is 81.7 Å². The van der Waals surface area contributed by atoms with Crippen molar-refractivity contribution in [3.05, 3.63) is 30.3 Å². The van der Waals surface area contributed by atoms with Gasteiger partial charge in [-0.15, -0.1) is 0 Å². The van der Waals surface area contributed by atoms with Gasteiger partial charge in [-0.3, -0.25) is 4.18 Å². The first kappa shape index (κ1) is 17.5. The maximum Gasteiger partial charge on any atom is 0.407 e. The summed E-state index contributed by atoms with van der Waals surface area (Å²) in [4.78, 5) is 11.5. The molecule has 0 saturated carbocycles. The second-order valence-electron chi connectivity index (χ2n) is 5.56. The molecule has 1 atom stereocenters. The number of hydrogen-bond donors (Lipinski definition) is 1. The second kappa shape index (κ2) is 6.91. The number of carbonyl (C=O) groups excluding carboxylic acids is 1. The predicted molar refractivity (Wildman–Crippen MR) is 78.4 cm³/mol. The fourth-order valence-corrected chi connectivity index (χ4v) is 2.54. The maximum atomic E-state index is 11.9. The molecule has 0 aromatic heterocycles. The molecule has 0 fully saturated rings. The molecule has 0 bridgehead atoms. The summed E-state index contributed by atoms with van der Waals surface area (Å²) in [6.07, 6.45) is -1.32. The fraction of sp³-hybridized carbons (Fsp3) is 0.500. The molecule has 21 heavy (non-hydrogen) atoms. The number of ether oxygens (including phenoxy) is 1. The molecule has 0 aliphatic carbocycles. The highest BCUT2D eigenvalue weighted by molar-refractivity contribution is 7.86. The Kier molecular flexibility index (Phi) is 5.74. The smallest absolute Gasteiger partial charge is 0.407 e. The standard InChI is InChI=1S/C14H21NO5S/c1-11(10-15-13(16)19-14(2,3)4)20-21(17,18)12-8-6-5-7-9-12/h5-9,11H,10H2,1-4H3,(H,15,16). The SMILES string of the molecule is CC(CNC(=O)OC(C)(C)C)OS(=O)(=O)c1ccccc1. The molecular formula is C14H21NO5S. The Morgan fingerprint density at radius 1 is 1.24 bits per heavy atom. The van der Waals surface area contributed by atoms with Crippen LogP contribution in [0.25, 0.3) is 0 Å². The third-order valence-electron chi connectivity index (χ3n) is 2.26. The van der Waals surface area contributed by atoms with E-state index in [1.54, 1.807) is 45.9 Å². The normalized spacial score (nSPS) is 13.5. The van der Waals surface area contributed by atoms with Gasteiger partial charge in [-0.1, -0.05) is 18.2 Å². The van der Waals surface area contributed by atoms with Gasteiger partial charge in [-0.25, -0.2) is 4.79 Å². The molecule has 1 unspecified atom stereocenters. The number of benzene rings is 1. The van der Waals surface area contributed by atoms with Crippen LogP contribution in [0.2, 0.25) is 0 Å². The van der Waals surface area contributed by atoms with E-state index in [1.165, 1.54) is 12.1 Å². The molecule has 0 heterocycles. The monoisotopic (exact) mass is 315 g/mol. The summed E-state index contributed by atoms with van der Waals surface area (Å²) in [5.74, 6) is 0. The Morgan fingerprint density at radius 3 is 2.33 bits per heavy atom. The van der Waals surface area contributed by atoms with Gasteiger partial charge in [0.2, 0.25) is 0 Å². The lowest BCUT2D eigenvalue weighted by Crippen LogP contribution is -2.37. The summed E-state index contributed by atoms with van der Waals surface area (Å²) in [6.45, 7) is 6.81. The predicted octanol–water partition coefficient (Wildman–Crippen LogP) is 2.31. The number of carbonyl (C=O) groups is 1. The summed E-state index contributed by atoms with van der Waals surface area (Å²) >= 11 is 0. The van der Waals surface area contributed by atoms with Gasteiger partial charge in [-0.2, -0.15) is 8.42 Å². The molecule has 0 spiro atoms. The first-order valence-corrected chi connectivity index (χ1v) is 7.96. The molecule has 1 aromatic rings. The highest BCUT2D eigenvalue weighted by Gasteiger charge is 2.20. The molecule has 118 valence electrons. The number of rotatable bonds is 5. The average molecular weight is 315 g/mol. The zero-order valence-corrected chi connectivity index (χ0v) is 13.4. The zero-order valence-electron chi connectivity index (χ0n) is 12.6. The van der Waals surface area contributed by atoms with Crippen molar-refractivity contribution in [2.75, 3.05) is 6.54 Å². The minimum atomic E-state index is -3.83. The van der Waals surface area contributed by atoms with E-state index in [0.29, 0.717) is 0 Å². The number of hydrogen-bond acceptors (Lipinski definition) is 5. The lowest BCUT2D eigenvalue weighted by molar-refractivity contribution is 0.0505. The summed E-state index contributed by atoms with van der Waals surface area (Å²) in [5, 5.41) is 2.46. The van der Waals surface area contributed by atoms with E-state index < -0.39 is 27.9 Å². The van der Waals surface area contributed by atoms with Crippen LogP contribution in [0.1, 0.15) is 27.7 Å². The third-order valence-corrected chi connectivity index (χ3v) is 3.69. The minimum absolute atomic E-state index is 0.0287. The van der Waals surface area contributed by atoms with Crippen molar-refractivity contribution < 1.29 is 22.1 Å². The molecule has 0 aliphatic heterocycles. The van der Waals surface area contributed by atoms with Gasteiger partial charge >= 0.3 is 6.09 Å². The minimum Gasteiger partial charge on any atom is -0.444 e. The van der Waals surface area contributed by atoms with Gasteiger partial charge in [-0.05, 0) is 39.8 Å². The zero-order chi connectivity index (χ0) is 16.1. The van der Waals surface area contributed by atoms with Crippen LogP contribution in [0.4, 0.5) is 4.79 Å². The Bertz CT molecular complexity index is 563. The molecule has 6 nitrogen and oxygen atoms in total. The van der Waals surface area contributed by atoms with Gasteiger partial charge < -0.3 is 10.1 Å². The van der Waals surface area contributed by atoms with Crippen LogP contribution in [-0.4, -0.2) is 32.8 Å². The van der Waals surface area contributed by atoms with E-state index in [4.69, 9.17) is 8.92 Å². The Balaban J connectivity index is 2.51. The second-order valence-corrected chi connectivity index (χ2v) is 7.13. The summed E-state index contributed by atoms with van der Waals surface area (Å²) < 4.78 is 34.0. The largest absolute Gasteiger partial charge is 0.444 e. The van der Waals surface area contributed by atoms with Crippen LogP contribution in [-0.2, 0) is 19.0 Å². The molecule has 1 aromatic carbocycles. The molecule has 7 heteroatoms. The van der Waals surface area contributed by atoms with Gasteiger partial charge in [0.05, 0.1) is 11.0 Å². The summed E-state index contributed by atoms with van der Waals surface area (Å²) in [6, 6.07) is 7.83. The number of nitrogens with one attached hydrogen (secondary N) is 1. The van der Waals surface area contributed by atoms with E-state index >= 15 is 0 Å². The van der Waals surface area contributed by atoms with Crippen molar-refractivity contribution in [3.8, 4) is 0 Å². The van der Waals surface area contributed by atoms with Crippen LogP contribution >= 0.6 is 0 Å². The fourth-order valence-electron chi connectivity index (χ4n) is 1.43. The average Bonchev–Trinajstić information content (AvgIpc) is 2.35. The Labute approximate surface area is 125 Å². The quantitative estimate of drug-likeness (QED) is 0.843. The highest BCUT2D eigenvalue weighted by atomic mass is 32.2. The molecule has 0 aliphatic rings. The molecule has 1 rings (SSSR count). The van der Waals surface area contributed by atoms with Gasteiger partial charge in [0, 0.05) is 6.54 Å². The Hall–Kier alpha value is -1.60. The number of alkyl carbamates (subject to hydrolysis) is 1. The third kappa shape index (κ3) is 6.59. The molecular weight excluding hydrogens is 294 g/mol. The van der Waals surface area contributed by atoms with Gasteiger partial charge in [0.25, 0.3) is 10.1 Å². The van der Waals surface area contributed by atoms with Crippen molar-refractivity contribution in [2.45, 2.75) is 44.3 Å². The van der Waals surface area contributed by atoms with E-state index in [0.717, 1.165) is 0 Å². The van der Waals surface area contributed by atoms with Gasteiger partial charge in [0.1, 0.15) is 5.60 Å². The Morgan fingerprint density at radius 2 is 1.81 bits per heavy atom. The summed E-state index contributed by atoms with van der Waals surface area (Å²) in [7, 11) is -3.83. The van der Waals surface area contributed by atoms with Crippen molar-refractivity contribution in [1.29, 1.82) is 0 Å². The first-order chi connectivity index (χ1) is 9.60. The van der Waals surface area contributed by atoms with Crippen LogP contribution in [0.3, 0.4) is 0 Å². The molecule has 1 N–H and O–H groups in total. The highest BCUT2D eigenvalue weighted by Crippen LogP contribution is 2.13. The first-order valence-electron chi connectivity index (χ1n) is 6.55. The van der Waals surface area contributed by atoms with Crippen molar-refractivity contribution in [1.82, 2.24) is 5.32 Å². The van der Waals surface area contributed by atoms with Gasteiger partial charge in [0.15, 0.2) is 0 Å². The number of amides is 1. The van der Waals surface area contributed by atoms with E-state index in [2.05, 4.69) is 5.32 Å². The molecule has 0 saturated heterocycles. The molecule has 1 amide bonds. The van der Waals surface area contributed by atoms with Crippen LogP contribution in [0, 0.1) is 0 Å². The van der Waals surface area contributed by atoms with Crippen molar-refractivity contribution in [3.63, 3.8) is 0 Å². The molecule has 0 radical (unpaired) electrons. The van der Waals surface area contributed by atoms with E-state index in [-0.39, 0.29) is 11.4 Å². The summed E-state index contributed by atoms with van der Waals surface area (Å²) in [5.41, 5.74) is -0.607. The van der Waals surface area contributed by atoms with Crippen molar-refractivity contribution in [2.24, 2.45) is 0 Å². The van der Waals surface area contributed by atoms with E-state index in [1.807, 2.05) is 0 Å². The lowest BCUT2D eigenvalue weighted by Gasteiger charge is -2.20.